The molecule has 0 aliphatic rings. The molecular formula is C27H33N. The van der Waals surface area contributed by atoms with Gasteiger partial charge in [-0.1, -0.05) is 106 Å². The van der Waals surface area contributed by atoms with Crippen molar-refractivity contribution in [1.82, 2.24) is 5.32 Å². The van der Waals surface area contributed by atoms with Gasteiger partial charge >= 0.3 is 0 Å². The Bertz CT molecular complexity index is 789. The van der Waals surface area contributed by atoms with Gasteiger partial charge in [0.2, 0.25) is 0 Å². The summed E-state index contributed by atoms with van der Waals surface area (Å²) in [6, 6.07) is 31.1. The normalized spacial score (nSPS) is 12.9. The molecule has 0 amide bonds. The van der Waals surface area contributed by atoms with E-state index in [2.05, 4.69) is 118 Å². The molecule has 1 nitrogen and oxygen atoms in total. The molecule has 0 fully saturated rings. The minimum Gasteiger partial charge on any atom is -0.310 e. The third-order valence-corrected chi connectivity index (χ3v) is 5.56. The van der Waals surface area contributed by atoms with Crippen molar-refractivity contribution in [2.24, 2.45) is 0 Å². The molecule has 28 heavy (non-hydrogen) atoms. The molecule has 1 atom stereocenters. The van der Waals surface area contributed by atoms with E-state index >= 15 is 0 Å². The van der Waals surface area contributed by atoms with Crippen LogP contribution in [0, 0.1) is 0 Å². The molecule has 1 unspecified atom stereocenters. The van der Waals surface area contributed by atoms with Crippen molar-refractivity contribution in [1.29, 1.82) is 0 Å². The predicted molar refractivity (Wildman–Crippen MR) is 121 cm³/mol. The summed E-state index contributed by atoms with van der Waals surface area (Å²) in [6.45, 7) is 10.0. The van der Waals surface area contributed by atoms with Crippen LogP contribution < -0.4 is 5.32 Å². The molecule has 0 radical (unpaired) electrons. The van der Waals surface area contributed by atoms with Crippen LogP contribution in [0.15, 0.2) is 84.9 Å². The molecule has 1 heteroatoms. The molecule has 0 heterocycles. The molecule has 3 aromatic rings. The third-order valence-electron chi connectivity index (χ3n) is 5.56. The predicted octanol–water partition coefficient (Wildman–Crippen LogP) is 6.86. The van der Waals surface area contributed by atoms with E-state index in [1.165, 1.54) is 22.3 Å². The zero-order valence-electron chi connectivity index (χ0n) is 17.7. The van der Waals surface area contributed by atoms with Crippen molar-refractivity contribution in [2.45, 2.75) is 51.5 Å². The average molecular weight is 372 g/mol. The SMILES string of the molecule is CC(NCCC(c1ccccc1)c1ccccc1)c1ccc(C(C)(C)C)cc1. The van der Waals surface area contributed by atoms with Crippen LogP contribution in [-0.2, 0) is 5.41 Å². The molecule has 0 spiro atoms. The van der Waals surface area contributed by atoms with Crippen LogP contribution in [0.1, 0.15) is 68.3 Å². The van der Waals surface area contributed by atoms with E-state index in [-0.39, 0.29) is 5.41 Å². The van der Waals surface area contributed by atoms with Gasteiger partial charge in [-0.15, -0.1) is 0 Å². The highest BCUT2D eigenvalue weighted by molar-refractivity contribution is 5.32. The molecule has 0 saturated carbocycles. The Morgan fingerprint density at radius 2 is 1.18 bits per heavy atom. The molecule has 3 rings (SSSR count). The van der Waals surface area contributed by atoms with Gasteiger partial charge in [-0.3, -0.25) is 0 Å². The fourth-order valence-corrected chi connectivity index (χ4v) is 3.73. The van der Waals surface area contributed by atoms with E-state index < -0.39 is 0 Å². The lowest BCUT2D eigenvalue weighted by molar-refractivity contribution is 0.539. The van der Waals surface area contributed by atoms with E-state index in [0.717, 1.165) is 13.0 Å². The van der Waals surface area contributed by atoms with E-state index in [9.17, 15) is 0 Å². The number of nitrogens with one attached hydrogen (secondary N) is 1. The molecule has 0 aromatic heterocycles. The first-order valence-corrected chi connectivity index (χ1v) is 10.4. The molecule has 0 aliphatic heterocycles. The van der Waals surface area contributed by atoms with Crippen LogP contribution in [-0.4, -0.2) is 6.54 Å². The summed E-state index contributed by atoms with van der Waals surface area (Å²) in [5.74, 6) is 0.422. The quantitative estimate of drug-likeness (QED) is 0.478. The van der Waals surface area contributed by atoms with Crippen molar-refractivity contribution in [3.8, 4) is 0 Å². The van der Waals surface area contributed by atoms with Gasteiger partial charge in [0.15, 0.2) is 0 Å². The van der Waals surface area contributed by atoms with Gasteiger partial charge in [0.25, 0.3) is 0 Å². The van der Waals surface area contributed by atoms with E-state index in [1.54, 1.807) is 0 Å². The Morgan fingerprint density at radius 1 is 0.679 bits per heavy atom. The summed E-state index contributed by atoms with van der Waals surface area (Å²) in [7, 11) is 0. The second-order valence-corrected chi connectivity index (χ2v) is 8.71. The Morgan fingerprint density at radius 3 is 1.64 bits per heavy atom. The summed E-state index contributed by atoms with van der Waals surface area (Å²) < 4.78 is 0. The monoisotopic (exact) mass is 371 g/mol. The molecule has 3 aromatic carbocycles. The largest absolute Gasteiger partial charge is 0.310 e. The highest BCUT2D eigenvalue weighted by Crippen LogP contribution is 2.28. The van der Waals surface area contributed by atoms with Crippen molar-refractivity contribution in [2.75, 3.05) is 6.54 Å². The van der Waals surface area contributed by atoms with Crippen molar-refractivity contribution >= 4 is 0 Å². The summed E-state index contributed by atoms with van der Waals surface area (Å²) >= 11 is 0. The van der Waals surface area contributed by atoms with Crippen LogP contribution in [0.25, 0.3) is 0 Å². The maximum atomic E-state index is 3.73. The maximum absolute atomic E-state index is 3.73. The number of hydrogen-bond acceptors (Lipinski definition) is 1. The second kappa shape index (κ2) is 9.21. The minimum atomic E-state index is 0.202. The summed E-state index contributed by atoms with van der Waals surface area (Å²) in [5, 5.41) is 3.73. The first-order chi connectivity index (χ1) is 13.4. The summed E-state index contributed by atoms with van der Waals surface area (Å²) in [5.41, 5.74) is 5.71. The van der Waals surface area contributed by atoms with Crippen molar-refractivity contribution in [3.63, 3.8) is 0 Å². The van der Waals surface area contributed by atoms with Gasteiger partial charge < -0.3 is 5.32 Å². The molecule has 0 bridgehead atoms. The van der Waals surface area contributed by atoms with Crippen LogP contribution in [0.3, 0.4) is 0 Å². The van der Waals surface area contributed by atoms with Crippen LogP contribution in [0.4, 0.5) is 0 Å². The summed E-state index contributed by atoms with van der Waals surface area (Å²) in [4.78, 5) is 0. The van der Waals surface area contributed by atoms with Crippen LogP contribution in [0.2, 0.25) is 0 Å². The Hall–Kier alpha value is -2.38. The Balaban J connectivity index is 1.64. The lowest BCUT2D eigenvalue weighted by Gasteiger charge is -2.22. The fraction of sp³-hybridized carbons (Fsp3) is 0.333. The first-order valence-electron chi connectivity index (χ1n) is 10.4. The zero-order valence-corrected chi connectivity index (χ0v) is 17.7. The molecule has 146 valence electrons. The standard InChI is InChI=1S/C27H33N/c1-21(22-15-17-25(18-16-22)27(2,3)4)28-20-19-26(23-11-7-5-8-12-23)24-13-9-6-10-14-24/h5-18,21,26,28H,19-20H2,1-4H3. The highest BCUT2D eigenvalue weighted by atomic mass is 14.9. The number of hydrogen-bond donors (Lipinski definition) is 1. The number of benzene rings is 3. The van der Waals surface area contributed by atoms with E-state index in [0.29, 0.717) is 12.0 Å². The molecule has 1 N–H and O–H groups in total. The van der Waals surface area contributed by atoms with Gasteiger partial charge in [0, 0.05) is 12.0 Å². The van der Waals surface area contributed by atoms with Gasteiger partial charge in [0.05, 0.1) is 0 Å². The lowest BCUT2D eigenvalue weighted by atomic mass is 9.86. The van der Waals surface area contributed by atoms with Crippen LogP contribution in [0.5, 0.6) is 0 Å². The Labute approximate surface area is 170 Å². The smallest absolute Gasteiger partial charge is 0.0291 e. The highest BCUT2D eigenvalue weighted by Gasteiger charge is 2.16. The van der Waals surface area contributed by atoms with Crippen LogP contribution >= 0.6 is 0 Å². The minimum absolute atomic E-state index is 0.202. The second-order valence-electron chi connectivity index (χ2n) is 8.71. The first kappa shape index (κ1) is 20.4. The topological polar surface area (TPSA) is 12.0 Å². The average Bonchev–Trinajstić information content (AvgIpc) is 2.72. The molecule has 0 saturated heterocycles. The molecule has 0 aliphatic carbocycles. The van der Waals surface area contributed by atoms with Gasteiger partial charge in [0.1, 0.15) is 0 Å². The van der Waals surface area contributed by atoms with Crippen molar-refractivity contribution < 1.29 is 0 Å². The van der Waals surface area contributed by atoms with E-state index in [4.69, 9.17) is 0 Å². The lowest BCUT2D eigenvalue weighted by Crippen LogP contribution is -2.22. The maximum Gasteiger partial charge on any atom is 0.0291 e. The van der Waals surface area contributed by atoms with Gasteiger partial charge in [-0.25, -0.2) is 0 Å². The number of rotatable bonds is 7. The zero-order chi connectivity index (χ0) is 20.0. The van der Waals surface area contributed by atoms with Gasteiger partial charge in [-0.05, 0) is 47.6 Å². The Kier molecular flexibility index (Phi) is 6.70. The van der Waals surface area contributed by atoms with E-state index in [1.807, 2.05) is 0 Å². The summed E-state index contributed by atoms with van der Waals surface area (Å²) in [6.07, 6.45) is 1.08. The van der Waals surface area contributed by atoms with Crippen molar-refractivity contribution in [3.05, 3.63) is 107 Å². The fourth-order valence-electron chi connectivity index (χ4n) is 3.73. The third kappa shape index (κ3) is 5.33. The van der Waals surface area contributed by atoms with Gasteiger partial charge in [-0.2, -0.15) is 0 Å². The molecular weight excluding hydrogens is 338 g/mol.